The minimum atomic E-state index is -0.610. The van der Waals surface area contributed by atoms with Gasteiger partial charge in [0.2, 0.25) is 0 Å². The highest BCUT2D eigenvalue weighted by molar-refractivity contribution is 4.85. The van der Waals surface area contributed by atoms with Crippen molar-refractivity contribution in [1.82, 2.24) is 5.32 Å². The fourth-order valence-corrected chi connectivity index (χ4v) is 2.14. The molecule has 0 spiro atoms. The molecule has 14 heavy (non-hydrogen) atoms. The van der Waals surface area contributed by atoms with E-state index >= 15 is 0 Å². The van der Waals surface area contributed by atoms with Crippen LogP contribution < -0.4 is 5.32 Å². The smallest absolute Gasteiger partial charge is 0.0741 e. The molecule has 2 N–H and O–H groups in total. The van der Waals surface area contributed by atoms with E-state index in [0.29, 0.717) is 6.04 Å². The van der Waals surface area contributed by atoms with Crippen LogP contribution in [0.2, 0.25) is 0 Å². The van der Waals surface area contributed by atoms with Gasteiger partial charge < -0.3 is 10.4 Å². The first-order valence-electron chi connectivity index (χ1n) is 5.88. The van der Waals surface area contributed by atoms with Crippen molar-refractivity contribution in [3.63, 3.8) is 0 Å². The third-order valence-corrected chi connectivity index (χ3v) is 3.48. The van der Waals surface area contributed by atoms with Crippen molar-refractivity contribution in [2.24, 2.45) is 5.92 Å². The van der Waals surface area contributed by atoms with Gasteiger partial charge >= 0.3 is 0 Å². The second-order valence-corrected chi connectivity index (χ2v) is 5.51. The monoisotopic (exact) mass is 199 g/mol. The van der Waals surface area contributed by atoms with Crippen molar-refractivity contribution in [2.45, 2.75) is 71.1 Å². The first-order chi connectivity index (χ1) is 6.39. The van der Waals surface area contributed by atoms with Gasteiger partial charge in [0.1, 0.15) is 0 Å². The zero-order valence-electron chi connectivity index (χ0n) is 10.0. The fraction of sp³-hybridized carbons (Fsp3) is 1.00. The molecule has 0 radical (unpaired) electrons. The Bertz CT molecular complexity index is 174. The van der Waals surface area contributed by atoms with Crippen molar-refractivity contribution in [3.8, 4) is 0 Å². The molecule has 0 heterocycles. The molecule has 0 amide bonds. The van der Waals surface area contributed by atoms with Crippen LogP contribution in [0, 0.1) is 5.92 Å². The maximum atomic E-state index is 9.82. The van der Waals surface area contributed by atoms with Crippen LogP contribution in [0.1, 0.15) is 53.4 Å². The summed E-state index contributed by atoms with van der Waals surface area (Å²) >= 11 is 0. The van der Waals surface area contributed by atoms with Gasteiger partial charge in [-0.1, -0.05) is 19.8 Å². The number of aliphatic hydroxyl groups is 1. The molecule has 1 rings (SSSR count). The number of hydrogen-bond donors (Lipinski definition) is 2. The lowest BCUT2D eigenvalue weighted by atomic mass is 9.86. The molecule has 0 saturated heterocycles. The van der Waals surface area contributed by atoms with E-state index in [1.165, 1.54) is 25.7 Å². The first kappa shape index (κ1) is 12.0. The zero-order valence-corrected chi connectivity index (χ0v) is 10.0. The summed E-state index contributed by atoms with van der Waals surface area (Å²) in [6.07, 6.45) is 5.23. The Morgan fingerprint density at radius 2 is 2.00 bits per heavy atom. The second-order valence-electron chi connectivity index (χ2n) is 5.51. The average molecular weight is 199 g/mol. The molecule has 1 fully saturated rings. The third kappa shape index (κ3) is 3.58. The van der Waals surface area contributed by atoms with Crippen LogP contribution in [-0.2, 0) is 0 Å². The highest BCUT2D eigenvalue weighted by Crippen LogP contribution is 2.24. The summed E-state index contributed by atoms with van der Waals surface area (Å²) in [7, 11) is 0. The lowest BCUT2D eigenvalue weighted by Crippen LogP contribution is -2.49. The van der Waals surface area contributed by atoms with Crippen LogP contribution in [-0.4, -0.2) is 22.8 Å². The molecule has 3 atom stereocenters. The molecule has 84 valence electrons. The van der Waals surface area contributed by atoms with Gasteiger partial charge in [-0.2, -0.15) is 0 Å². The predicted octanol–water partition coefficient (Wildman–Crippen LogP) is 2.31. The molecular formula is C12H25NO. The normalized spacial score (nSPS) is 31.5. The summed E-state index contributed by atoms with van der Waals surface area (Å²) in [5.41, 5.74) is -0.610. The highest BCUT2D eigenvalue weighted by atomic mass is 16.3. The Hall–Kier alpha value is -0.0800. The van der Waals surface area contributed by atoms with Crippen molar-refractivity contribution in [1.29, 1.82) is 0 Å². The Labute approximate surface area is 88.1 Å². The maximum Gasteiger partial charge on any atom is 0.0741 e. The molecule has 0 aromatic carbocycles. The minimum absolute atomic E-state index is 0.179. The summed E-state index contributed by atoms with van der Waals surface area (Å²) in [6, 6.07) is 0.790. The summed E-state index contributed by atoms with van der Waals surface area (Å²) in [4.78, 5) is 0. The topological polar surface area (TPSA) is 32.3 Å². The predicted molar refractivity (Wildman–Crippen MR) is 60.3 cm³/mol. The van der Waals surface area contributed by atoms with E-state index < -0.39 is 5.60 Å². The number of nitrogens with one attached hydrogen (secondary N) is 1. The Balaban J connectivity index is 2.36. The molecule has 0 aromatic heterocycles. The molecule has 1 saturated carbocycles. The Morgan fingerprint density at radius 1 is 1.36 bits per heavy atom. The van der Waals surface area contributed by atoms with Crippen molar-refractivity contribution >= 4 is 0 Å². The largest absolute Gasteiger partial charge is 0.389 e. The molecule has 0 aromatic rings. The summed E-state index contributed by atoms with van der Waals surface area (Å²) in [6.45, 7) is 8.13. The van der Waals surface area contributed by atoms with Gasteiger partial charge in [0.25, 0.3) is 0 Å². The lowest BCUT2D eigenvalue weighted by Gasteiger charge is -2.34. The van der Waals surface area contributed by atoms with Gasteiger partial charge in [0.05, 0.1) is 5.60 Å². The molecule has 0 bridgehead atoms. The third-order valence-electron chi connectivity index (χ3n) is 3.48. The van der Waals surface area contributed by atoms with Crippen LogP contribution >= 0.6 is 0 Å². The van der Waals surface area contributed by atoms with E-state index in [-0.39, 0.29) is 6.04 Å². The zero-order chi connectivity index (χ0) is 10.8. The summed E-state index contributed by atoms with van der Waals surface area (Å²) < 4.78 is 0. The standard InChI is InChI=1S/C12H25NO/c1-9-6-5-7-11(8-9)13-10(2)12(3,4)14/h9-11,13-14H,5-8H2,1-4H3. The van der Waals surface area contributed by atoms with Gasteiger partial charge in [-0.15, -0.1) is 0 Å². The van der Waals surface area contributed by atoms with Gasteiger partial charge in [0, 0.05) is 12.1 Å². The van der Waals surface area contributed by atoms with Crippen LogP contribution in [0.3, 0.4) is 0 Å². The van der Waals surface area contributed by atoms with Crippen LogP contribution in [0.25, 0.3) is 0 Å². The molecule has 0 aliphatic heterocycles. The SMILES string of the molecule is CC1CCCC(NC(C)C(C)(C)O)C1. The molecule has 2 nitrogen and oxygen atoms in total. The molecule has 1 aliphatic carbocycles. The quantitative estimate of drug-likeness (QED) is 0.731. The van der Waals surface area contributed by atoms with Crippen LogP contribution in [0.15, 0.2) is 0 Å². The van der Waals surface area contributed by atoms with Gasteiger partial charge in [-0.25, -0.2) is 0 Å². The van der Waals surface area contributed by atoms with Crippen LogP contribution in [0.5, 0.6) is 0 Å². The summed E-state index contributed by atoms with van der Waals surface area (Å²) in [5.74, 6) is 0.843. The Morgan fingerprint density at radius 3 is 2.50 bits per heavy atom. The maximum absolute atomic E-state index is 9.82. The van der Waals surface area contributed by atoms with E-state index in [1.807, 2.05) is 13.8 Å². The minimum Gasteiger partial charge on any atom is -0.389 e. The van der Waals surface area contributed by atoms with Crippen LogP contribution in [0.4, 0.5) is 0 Å². The molecule has 1 aliphatic rings. The second kappa shape index (κ2) is 4.63. The van der Waals surface area contributed by atoms with E-state index in [1.54, 1.807) is 0 Å². The number of hydrogen-bond acceptors (Lipinski definition) is 2. The van der Waals surface area contributed by atoms with Gasteiger partial charge in [0.15, 0.2) is 0 Å². The average Bonchev–Trinajstić information content (AvgIpc) is 2.02. The van der Waals surface area contributed by atoms with Gasteiger partial charge in [-0.05, 0) is 39.5 Å². The Kier molecular flexibility index (Phi) is 3.96. The van der Waals surface area contributed by atoms with Gasteiger partial charge in [-0.3, -0.25) is 0 Å². The fourth-order valence-electron chi connectivity index (χ4n) is 2.14. The molecule has 3 unspecified atom stereocenters. The summed E-state index contributed by atoms with van der Waals surface area (Å²) in [5, 5.41) is 13.4. The van der Waals surface area contributed by atoms with E-state index in [9.17, 15) is 5.11 Å². The number of rotatable bonds is 3. The van der Waals surface area contributed by atoms with E-state index in [4.69, 9.17) is 0 Å². The van der Waals surface area contributed by atoms with Crippen molar-refractivity contribution in [2.75, 3.05) is 0 Å². The molecular weight excluding hydrogens is 174 g/mol. The van der Waals surface area contributed by atoms with E-state index in [0.717, 1.165) is 5.92 Å². The first-order valence-corrected chi connectivity index (χ1v) is 5.88. The van der Waals surface area contributed by atoms with E-state index in [2.05, 4.69) is 19.2 Å². The van der Waals surface area contributed by atoms with Crippen molar-refractivity contribution < 1.29 is 5.11 Å². The molecule has 2 heteroatoms. The van der Waals surface area contributed by atoms with Crippen molar-refractivity contribution in [3.05, 3.63) is 0 Å². The highest BCUT2D eigenvalue weighted by Gasteiger charge is 2.26. The lowest BCUT2D eigenvalue weighted by molar-refractivity contribution is 0.0364.